The molecule has 0 saturated heterocycles. The van der Waals surface area contributed by atoms with Crippen LogP contribution in [-0.4, -0.2) is 17.8 Å². The number of para-hydroxylation sites is 1. The van der Waals surface area contributed by atoms with Crippen molar-refractivity contribution in [3.05, 3.63) is 95.1 Å². The van der Waals surface area contributed by atoms with Crippen LogP contribution in [0.3, 0.4) is 0 Å². The van der Waals surface area contributed by atoms with Crippen molar-refractivity contribution >= 4 is 5.71 Å². The zero-order valence-corrected chi connectivity index (χ0v) is 17.6. The molecular weight excluding hydrogens is 372 g/mol. The van der Waals surface area contributed by atoms with Gasteiger partial charge in [0.05, 0.1) is 18.9 Å². The van der Waals surface area contributed by atoms with Crippen LogP contribution in [0.15, 0.2) is 77.9 Å². The zero-order valence-electron chi connectivity index (χ0n) is 17.6. The molecule has 3 aromatic rings. The predicted molar refractivity (Wildman–Crippen MR) is 119 cm³/mol. The van der Waals surface area contributed by atoms with E-state index in [2.05, 4.69) is 73.5 Å². The van der Waals surface area contributed by atoms with Gasteiger partial charge in [-0.2, -0.15) is 5.10 Å². The van der Waals surface area contributed by atoms with Gasteiger partial charge < -0.3 is 9.47 Å². The molecule has 0 N–H and O–H groups in total. The van der Waals surface area contributed by atoms with Crippen LogP contribution >= 0.6 is 0 Å². The van der Waals surface area contributed by atoms with Crippen molar-refractivity contribution in [1.82, 2.24) is 5.01 Å². The lowest BCUT2D eigenvalue weighted by atomic mass is 9.95. The molecular formula is C26H26N2O2. The number of rotatable bonds is 4. The number of methoxy groups -OCH3 is 1. The van der Waals surface area contributed by atoms with Gasteiger partial charge in [0.15, 0.2) is 11.5 Å². The molecule has 0 saturated carbocycles. The van der Waals surface area contributed by atoms with E-state index in [9.17, 15) is 0 Å². The van der Waals surface area contributed by atoms with Gasteiger partial charge in [-0.1, -0.05) is 80.6 Å². The van der Waals surface area contributed by atoms with Gasteiger partial charge >= 0.3 is 0 Å². The largest absolute Gasteiger partial charge is 0.493 e. The molecule has 0 spiro atoms. The summed E-state index contributed by atoms with van der Waals surface area (Å²) in [5.41, 5.74) is 5.78. The summed E-state index contributed by atoms with van der Waals surface area (Å²) in [6.07, 6.45) is 0.551. The topological polar surface area (TPSA) is 34.1 Å². The SMILES string of the molecule is COc1cccc2c1OC(c1ccc(C(C)C)cc1)N1N=C(c3ccccc3)CC21. The van der Waals surface area contributed by atoms with Gasteiger partial charge in [-0.25, -0.2) is 5.01 Å². The molecule has 2 heterocycles. The fourth-order valence-corrected chi connectivity index (χ4v) is 4.32. The molecule has 2 aliphatic heterocycles. The van der Waals surface area contributed by atoms with Gasteiger partial charge in [0.1, 0.15) is 0 Å². The van der Waals surface area contributed by atoms with E-state index in [1.807, 2.05) is 18.2 Å². The summed E-state index contributed by atoms with van der Waals surface area (Å²) in [7, 11) is 1.69. The molecule has 0 amide bonds. The van der Waals surface area contributed by atoms with E-state index in [-0.39, 0.29) is 12.3 Å². The first-order chi connectivity index (χ1) is 14.7. The molecule has 4 nitrogen and oxygen atoms in total. The average Bonchev–Trinajstić information content (AvgIpc) is 3.24. The Kier molecular flexibility index (Phi) is 4.70. The van der Waals surface area contributed by atoms with Gasteiger partial charge in [0, 0.05) is 17.5 Å². The first-order valence-corrected chi connectivity index (χ1v) is 10.5. The number of ether oxygens (including phenoxy) is 2. The highest BCUT2D eigenvalue weighted by atomic mass is 16.5. The van der Waals surface area contributed by atoms with Crippen molar-refractivity contribution in [2.45, 2.75) is 38.5 Å². The number of hydrogen-bond donors (Lipinski definition) is 0. The first-order valence-electron chi connectivity index (χ1n) is 10.5. The number of hydrogen-bond acceptors (Lipinski definition) is 4. The second-order valence-electron chi connectivity index (χ2n) is 8.18. The molecule has 152 valence electrons. The third-order valence-corrected chi connectivity index (χ3v) is 6.00. The maximum absolute atomic E-state index is 6.53. The fourth-order valence-electron chi connectivity index (χ4n) is 4.32. The number of hydrazone groups is 1. The van der Waals surface area contributed by atoms with Crippen LogP contribution in [0, 0.1) is 0 Å². The van der Waals surface area contributed by atoms with E-state index in [0.29, 0.717) is 5.92 Å². The van der Waals surface area contributed by atoms with Crippen LogP contribution in [0.4, 0.5) is 0 Å². The minimum Gasteiger partial charge on any atom is -0.493 e. The Bertz CT molecular complexity index is 1070. The lowest BCUT2D eigenvalue weighted by molar-refractivity contribution is -0.0209. The summed E-state index contributed by atoms with van der Waals surface area (Å²) < 4.78 is 12.2. The summed E-state index contributed by atoms with van der Waals surface area (Å²) in [5, 5.41) is 7.15. The third-order valence-electron chi connectivity index (χ3n) is 6.00. The first kappa shape index (κ1) is 18.7. The molecule has 0 radical (unpaired) electrons. The maximum atomic E-state index is 6.53. The van der Waals surface area contributed by atoms with Crippen LogP contribution < -0.4 is 9.47 Å². The Balaban J connectivity index is 1.59. The Morgan fingerprint density at radius 1 is 0.967 bits per heavy atom. The van der Waals surface area contributed by atoms with Crippen LogP contribution in [0.5, 0.6) is 11.5 Å². The van der Waals surface area contributed by atoms with E-state index in [1.54, 1.807) is 7.11 Å². The maximum Gasteiger partial charge on any atom is 0.214 e. The van der Waals surface area contributed by atoms with Crippen molar-refractivity contribution < 1.29 is 9.47 Å². The zero-order chi connectivity index (χ0) is 20.7. The number of fused-ring (bicyclic) bond motifs is 3. The Morgan fingerprint density at radius 2 is 1.73 bits per heavy atom. The summed E-state index contributed by atoms with van der Waals surface area (Å²) in [5.74, 6) is 2.09. The van der Waals surface area contributed by atoms with E-state index in [1.165, 1.54) is 5.56 Å². The van der Waals surface area contributed by atoms with Crippen molar-refractivity contribution in [1.29, 1.82) is 0 Å². The molecule has 0 aliphatic carbocycles. The summed E-state index contributed by atoms with van der Waals surface area (Å²) in [6, 6.07) is 25.3. The highest BCUT2D eigenvalue weighted by Crippen LogP contribution is 2.50. The normalized spacial score (nSPS) is 19.7. The van der Waals surface area contributed by atoms with Crippen molar-refractivity contribution in [3.63, 3.8) is 0 Å². The molecule has 0 bridgehead atoms. The van der Waals surface area contributed by atoms with Gasteiger partial charge in [0.2, 0.25) is 6.23 Å². The standard InChI is InChI=1S/C26H26N2O2/c1-17(2)18-12-14-20(15-13-18)26-28-23(16-22(27-28)19-8-5-4-6-9-19)21-10-7-11-24(29-3)25(21)30-26/h4-15,17,23,26H,16H2,1-3H3. The van der Waals surface area contributed by atoms with Crippen molar-refractivity contribution in [2.24, 2.45) is 5.10 Å². The average molecular weight is 399 g/mol. The molecule has 2 aliphatic rings. The van der Waals surface area contributed by atoms with E-state index >= 15 is 0 Å². The number of benzene rings is 3. The Labute approximate surface area is 177 Å². The van der Waals surface area contributed by atoms with Crippen LogP contribution in [0.25, 0.3) is 0 Å². The molecule has 5 rings (SSSR count). The molecule has 0 aromatic heterocycles. The molecule has 3 aromatic carbocycles. The lowest BCUT2D eigenvalue weighted by Gasteiger charge is -2.38. The van der Waals surface area contributed by atoms with E-state index in [0.717, 1.165) is 40.3 Å². The fraction of sp³-hybridized carbons (Fsp3) is 0.269. The van der Waals surface area contributed by atoms with Crippen LogP contribution in [0.2, 0.25) is 0 Å². The minimum absolute atomic E-state index is 0.119. The Hall–Kier alpha value is -3.27. The molecule has 30 heavy (non-hydrogen) atoms. The Morgan fingerprint density at radius 3 is 2.43 bits per heavy atom. The van der Waals surface area contributed by atoms with Gasteiger partial charge in [-0.05, 0) is 23.1 Å². The number of nitrogens with zero attached hydrogens (tertiary/aromatic N) is 2. The molecule has 2 atom stereocenters. The second kappa shape index (κ2) is 7.52. The molecule has 4 heteroatoms. The smallest absolute Gasteiger partial charge is 0.214 e. The van der Waals surface area contributed by atoms with E-state index in [4.69, 9.17) is 14.6 Å². The molecule has 2 unspecified atom stereocenters. The minimum atomic E-state index is -0.291. The third kappa shape index (κ3) is 3.13. The van der Waals surface area contributed by atoms with Crippen molar-refractivity contribution in [3.8, 4) is 11.5 Å². The van der Waals surface area contributed by atoms with Crippen LogP contribution in [0.1, 0.15) is 60.7 Å². The van der Waals surface area contributed by atoms with Crippen LogP contribution in [-0.2, 0) is 0 Å². The van der Waals surface area contributed by atoms with Gasteiger partial charge in [0.25, 0.3) is 0 Å². The quantitative estimate of drug-likeness (QED) is 0.536. The monoisotopic (exact) mass is 398 g/mol. The second-order valence-corrected chi connectivity index (χ2v) is 8.18. The van der Waals surface area contributed by atoms with Gasteiger partial charge in [-0.3, -0.25) is 0 Å². The summed E-state index contributed by atoms with van der Waals surface area (Å²) >= 11 is 0. The van der Waals surface area contributed by atoms with Crippen molar-refractivity contribution in [2.75, 3.05) is 7.11 Å². The van der Waals surface area contributed by atoms with Gasteiger partial charge in [-0.15, -0.1) is 0 Å². The highest BCUT2D eigenvalue weighted by Gasteiger charge is 2.42. The predicted octanol–water partition coefficient (Wildman–Crippen LogP) is 6.06. The summed E-state index contributed by atoms with van der Waals surface area (Å²) in [6.45, 7) is 4.42. The molecule has 0 fully saturated rings. The van der Waals surface area contributed by atoms with E-state index < -0.39 is 0 Å². The highest BCUT2D eigenvalue weighted by molar-refractivity contribution is 6.01. The summed E-state index contributed by atoms with van der Waals surface area (Å²) in [4.78, 5) is 0. The lowest BCUT2D eigenvalue weighted by Crippen LogP contribution is -2.33.